The summed E-state index contributed by atoms with van der Waals surface area (Å²) in [5.74, 6) is 0. The first-order chi connectivity index (χ1) is 8.56. The summed E-state index contributed by atoms with van der Waals surface area (Å²) < 4.78 is 5.33. The molecule has 0 saturated carbocycles. The standard InChI is InChI=1S/C10H18N2O4.C2H6/c1-8(7-14)16-9(2)12(5-4-6-13)10(15)11-3;1-2/h4-6,8-9,14H,7H2,1-3H3,(H,11,15);1-2H3/b5-4-;. The summed E-state index contributed by atoms with van der Waals surface area (Å²) in [6.45, 7) is 7.20. The first kappa shape index (κ1) is 19.0. The Morgan fingerprint density at radius 1 is 1.44 bits per heavy atom. The third-order valence-corrected chi connectivity index (χ3v) is 1.85. The van der Waals surface area contributed by atoms with Crippen molar-refractivity contribution in [3.63, 3.8) is 0 Å². The minimum Gasteiger partial charge on any atom is -0.394 e. The molecule has 6 nitrogen and oxygen atoms in total. The van der Waals surface area contributed by atoms with E-state index in [4.69, 9.17) is 9.84 Å². The van der Waals surface area contributed by atoms with Gasteiger partial charge in [0.25, 0.3) is 0 Å². The molecule has 106 valence electrons. The van der Waals surface area contributed by atoms with E-state index < -0.39 is 12.3 Å². The first-order valence-electron chi connectivity index (χ1n) is 5.95. The van der Waals surface area contributed by atoms with Crippen LogP contribution >= 0.6 is 0 Å². The molecular formula is C12H24N2O4. The lowest BCUT2D eigenvalue weighted by Crippen LogP contribution is -2.43. The van der Waals surface area contributed by atoms with Gasteiger partial charge in [0.15, 0.2) is 0 Å². The predicted octanol–water partition coefficient (Wildman–Crippen LogP) is 1.11. The molecule has 0 aromatic heterocycles. The van der Waals surface area contributed by atoms with Gasteiger partial charge in [-0.05, 0) is 19.9 Å². The van der Waals surface area contributed by atoms with Crippen LogP contribution in [0.5, 0.6) is 0 Å². The highest BCUT2D eigenvalue weighted by Gasteiger charge is 2.18. The van der Waals surface area contributed by atoms with E-state index in [1.54, 1.807) is 13.8 Å². The van der Waals surface area contributed by atoms with E-state index in [0.29, 0.717) is 6.29 Å². The minimum absolute atomic E-state index is 0.136. The van der Waals surface area contributed by atoms with Crippen LogP contribution in [0.25, 0.3) is 0 Å². The minimum atomic E-state index is -0.571. The molecule has 0 aliphatic heterocycles. The fraction of sp³-hybridized carbons (Fsp3) is 0.667. The van der Waals surface area contributed by atoms with Gasteiger partial charge in [0.05, 0.1) is 12.7 Å². The summed E-state index contributed by atoms with van der Waals surface area (Å²) in [7, 11) is 1.48. The highest BCUT2D eigenvalue weighted by Crippen LogP contribution is 2.05. The molecule has 18 heavy (non-hydrogen) atoms. The molecule has 0 heterocycles. The number of rotatable bonds is 6. The lowest BCUT2D eigenvalue weighted by atomic mass is 10.4. The Morgan fingerprint density at radius 2 is 2.00 bits per heavy atom. The second kappa shape index (κ2) is 12.1. The average molecular weight is 260 g/mol. The van der Waals surface area contributed by atoms with Crippen LogP contribution in [-0.4, -0.2) is 48.3 Å². The van der Waals surface area contributed by atoms with E-state index in [9.17, 15) is 9.59 Å². The zero-order chi connectivity index (χ0) is 14.6. The van der Waals surface area contributed by atoms with Gasteiger partial charge >= 0.3 is 6.03 Å². The summed E-state index contributed by atoms with van der Waals surface area (Å²) >= 11 is 0. The Morgan fingerprint density at radius 3 is 2.39 bits per heavy atom. The Balaban J connectivity index is 0. The number of aliphatic hydroxyl groups excluding tert-OH is 1. The molecule has 0 saturated heterocycles. The molecule has 0 aliphatic carbocycles. The van der Waals surface area contributed by atoms with Crippen molar-refractivity contribution < 1.29 is 19.4 Å². The SMILES string of the molecule is CC.CNC(=O)N(/C=C\C=O)C(C)OC(C)CO. The number of carbonyl (C=O) groups excluding carboxylic acids is 2. The molecular weight excluding hydrogens is 236 g/mol. The third-order valence-electron chi connectivity index (χ3n) is 1.85. The zero-order valence-corrected chi connectivity index (χ0v) is 11.7. The van der Waals surface area contributed by atoms with Crippen molar-refractivity contribution >= 4 is 12.3 Å². The largest absolute Gasteiger partial charge is 0.394 e. The summed E-state index contributed by atoms with van der Waals surface area (Å²) in [4.78, 5) is 22.9. The highest BCUT2D eigenvalue weighted by molar-refractivity contribution is 5.76. The third kappa shape index (κ3) is 7.81. The van der Waals surface area contributed by atoms with Gasteiger partial charge in [-0.3, -0.25) is 9.69 Å². The lowest BCUT2D eigenvalue weighted by molar-refractivity contribution is -0.104. The van der Waals surface area contributed by atoms with Gasteiger partial charge in [0.2, 0.25) is 0 Å². The van der Waals surface area contributed by atoms with Gasteiger partial charge in [-0.2, -0.15) is 0 Å². The maximum absolute atomic E-state index is 11.4. The molecule has 0 fully saturated rings. The maximum atomic E-state index is 11.4. The zero-order valence-electron chi connectivity index (χ0n) is 11.7. The quantitative estimate of drug-likeness (QED) is 0.426. The van der Waals surface area contributed by atoms with Crippen molar-refractivity contribution in [3.05, 3.63) is 12.3 Å². The molecule has 6 heteroatoms. The fourth-order valence-electron chi connectivity index (χ4n) is 1.06. The summed E-state index contributed by atoms with van der Waals surface area (Å²) in [5.41, 5.74) is 0. The number of amides is 2. The van der Waals surface area contributed by atoms with E-state index in [-0.39, 0.29) is 12.7 Å². The summed E-state index contributed by atoms with van der Waals surface area (Å²) in [6.07, 6.45) is 2.13. The average Bonchev–Trinajstić information content (AvgIpc) is 2.40. The number of aliphatic hydroxyl groups is 1. The molecule has 0 aromatic rings. The van der Waals surface area contributed by atoms with Crippen LogP contribution in [0.2, 0.25) is 0 Å². The number of nitrogens with zero attached hydrogens (tertiary/aromatic N) is 1. The van der Waals surface area contributed by atoms with Crippen LogP contribution in [0.4, 0.5) is 4.79 Å². The van der Waals surface area contributed by atoms with Crippen molar-refractivity contribution in [2.75, 3.05) is 13.7 Å². The number of allylic oxidation sites excluding steroid dienone is 1. The van der Waals surface area contributed by atoms with Crippen molar-refractivity contribution in [2.24, 2.45) is 0 Å². The molecule has 2 N–H and O–H groups in total. The second-order valence-electron chi connectivity index (χ2n) is 3.17. The molecule has 0 aromatic carbocycles. The topological polar surface area (TPSA) is 78.9 Å². The Labute approximate surface area is 109 Å². The number of hydrogen-bond acceptors (Lipinski definition) is 4. The Bertz CT molecular complexity index is 256. The van der Waals surface area contributed by atoms with E-state index in [2.05, 4.69) is 5.32 Å². The van der Waals surface area contributed by atoms with Crippen LogP contribution < -0.4 is 5.32 Å². The first-order valence-corrected chi connectivity index (χ1v) is 5.95. The number of ether oxygens (including phenoxy) is 1. The van der Waals surface area contributed by atoms with Crippen LogP contribution in [0, 0.1) is 0 Å². The fourth-order valence-corrected chi connectivity index (χ4v) is 1.06. The van der Waals surface area contributed by atoms with Crippen molar-refractivity contribution in [3.8, 4) is 0 Å². The smallest absolute Gasteiger partial charge is 0.323 e. The van der Waals surface area contributed by atoms with Gasteiger partial charge in [-0.15, -0.1) is 0 Å². The van der Waals surface area contributed by atoms with E-state index in [1.165, 1.54) is 24.2 Å². The van der Waals surface area contributed by atoms with Crippen LogP contribution in [0.1, 0.15) is 27.7 Å². The monoisotopic (exact) mass is 260 g/mol. The van der Waals surface area contributed by atoms with Gasteiger partial charge in [0, 0.05) is 13.2 Å². The Kier molecular flexibility index (Phi) is 12.7. The van der Waals surface area contributed by atoms with Gasteiger partial charge in [0.1, 0.15) is 12.5 Å². The van der Waals surface area contributed by atoms with Crippen molar-refractivity contribution in [1.29, 1.82) is 0 Å². The molecule has 2 unspecified atom stereocenters. The highest BCUT2D eigenvalue weighted by atomic mass is 16.5. The van der Waals surface area contributed by atoms with E-state index in [1.807, 2.05) is 13.8 Å². The predicted molar refractivity (Wildman–Crippen MR) is 69.9 cm³/mol. The molecule has 0 aliphatic rings. The lowest BCUT2D eigenvalue weighted by Gasteiger charge is -2.27. The van der Waals surface area contributed by atoms with Gasteiger partial charge in [-0.1, -0.05) is 13.8 Å². The van der Waals surface area contributed by atoms with Crippen molar-refractivity contribution in [1.82, 2.24) is 10.2 Å². The summed E-state index contributed by atoms with van der Waals surface area (Å²) in [5, 5.41) is 11.2. The van der Waals surface area contributed by atoms with E-state index >= 15 is 0 Å². The number of hydrogen-bond donors (Lipinski definition) is 2. The van der Waals surface area contributed by atoms with Crippen LogP contribution in [-0.2, 0) is 9.53 Å². The second-order valence-corrected chi connectivity index (χ2v) is 3.17. The molecule has 0 radical (unpaired) electrons. The number of nitrogens with one attached hydrogen (secondary N) is 1. The van der Waals surface area contributed by atoms with Gasteiger partial charge in [-0.25, -0.2) is 4.79 Å². The normalized spacial score (nSPS) is 13.2. The summed E-state index contributed by atoms with van der Waals surface area (Å²) in [6, 6.07) is -0.393. The maximum Gasteiger partial charge on any atom is 0.323 e. The van der Waals surface area contributed by atoms with E-state index in [0.717, 1.165) is 0 Å². The Hall–Kier alpha value is -1.40. The van der Waals surface area contributed by atoms with Crippen molar-refractivity contribution in [2.45, 2.75) is 40.0 Å². The number of carbonyl (C=O) groups is 2. The van der Waals surface area contributed by atoms with Gasteiger partial charge < -0.3 is 15.2 Å². The molecule has 2 atom stereocenters. The molecule has 2 amide bonds. The van der Waals surface area contributed by atoms with Crippen LogP contribution in [0.15, 0.2) is 12.3 Å². The number of urea groups is 1. The molecule has 0 spiro atoms. The number of aldehydes is 1. The van der Waals surface area contributed by atoms with Crippen LogP contribution in [0.3, 0.4) is 0 Å². The molecule has 0 rings (SSSR count). The molecule has 0 bridgehead atoms.